The van der Waals surface area contributed by atoms with Gasteiger partial charge in [0.2, 0.25) is 5.88 Å². The normalized spacial score (nSPS) is 22.6. The molecule has 0 amide bonds. The van der Waals surface area contributed by atoms with Gasteiger partial charge in [-0.15, -0.1) is 0 Å². The second-order valence-corrected chi connectivity index (χ2v) is 9.37. The van der Waals surface area contributed by atoms with Crippen molar-refractivity contribution in [1.82, 2.24) is 15.0 Å². The van der Waals surface area contributed by atoms with E-state index in [9.17, 15) is 9.32 Å². The van der Waals surface area contributed by atoms with Gasteiger partial charge in [0.05, 0.1) is 0 Å². The van der Waals surface area contributed by atoms with E-state index in [0.29, 0.717) is 22.6 Å². The second-order valence-electron chi connectivity index (χ2n) is 7.03. The van der Waals surface area contributed by atoms with Crippen molar-refractivity contribution < 1.29 is 9.32 Å². The molecule has 1 unspecified atom stereocenters. The molecule has 2 aliphatic rings. The Balaban J connectivity index is 1.49. The van der Waals surface area contributed by atoms with Crippen LogP contribution in [0.5, 0.6) is 5.88 Å². The Morgan fingerprint density at radius 3 is 2.83 bits per heavy atom. The minimum atomic E-state index is -2.39. The Hall–Kier alpha value is -1.96. The molecule has 1 saturated heterocycles. The van der Waals surface area contributed by atoms with Gasteiger partial charge in [0.1, 0.15) is 17.7 Å². The van der Waals surface area contributed by atoms with Crippen molar-refractivity contribution in [3.8, 4) is 5.88 Å². The molecule has 1 spiro atoms. The van der Waals surface area contributed by atoms with E-state index in [2.05, 4.69) is 19.9 Å². The molecule has 2 aromatic rings. The highest BCUT2D eigenvalue weighted by atomic mass is 32.2. The van der Waals surface area contributed by atoms with Crippen LogP contribution in [0.1, 0.15) is 12.8 Å². The fourth-order valence-electron chi connectivity index (χ4n) is 4.12. The van der Waals surface area contributed by atoms with Crippen molar-refractivity contribution in [3.05, 3.63) is 18.6 Å². The first-order valence-electron chi connectivity index (χ1n) is 7.60. The standard InChI is InChI=1S/C15H19N5O2S/c1-23(16,22)6-10-4-15(5-10)7-20(8-15)13-11-2-3-17-14(21)12(11)18-9-19-13/h2-3,9-10,16H,4-8H2,1H3,(H,17,21). The van der Waals surface area contributed by atoms with Gasteiger partial charge in [-0.3, -0.25) is 8.99 Å². The Labute approximate surface area is 134 Å². The van der Waals surface area contributed by atoms with E-state index >= 15 is 0 Å². The quantitative estimate of drug-likeness (QED) is 0.885. The molecule has 2 aromatic heterocycles. The maximum absolute atomic E-state index is 11.6. The lowest BCUT2D eigenvalue weighted by Gasteiger charge is -2.59. The number of rotatable bonds is 3. The van der Waals surface area contributed by atoms with Crippen molar-refractivity contribution in [3.63, 3.8) is 0 Å². The molecule has 3 heterocycles. The summed E-state index contributed by atoms with van der Waals surface area (Å²) >= 11 is 0. The van der Waals surface area contributed by atoms with E-state index in [1.807, 2.05) is 6.07 Å². The highest BCUT2D eigenvalue weighted by molar-refractivity contribution is 7.91. The molecule has 1 saturated carbocycles. The lowest BCUT2D eigenvalue weighted by atomic mass is 9.58. The predicted molar refractivity (Wildman–Crippen MR) is 88.0 cm³/mol. The van der Waals surface area contributed by atoms with Gasteiger partial charge < -0.3 is 10.0 Å². The molecule has 2 fully saturated rings. The van der Waals surface area contributed by atoms with Crippen LogP contribution in [0.25, 0.3) is 10.9 Å². The molecule has 23 heavy (non-hydrogen) atoms. The van der Waals surface area contributed by atoms with E-state index in [0.717, 1.165) is 37.1 Å². The number of pyridine rings is 1. The van der Waals surface area contributed by atoms with E-state index in [-0.39, 0.29) is 5.88 Å². The fourth-order valence-corrected chi connectivity index (χ4v) is 5.25. The lowest BCUT2D eigenvalue weighted by Crippen LogP contribution is -2.63. The van der Waals surface area contributed by atoms with E-state index < -0.39 is 9.73 Å². The molecule has 1 atom stereocenters. The van der Waals surface area contributed by atoms with Crippen LogP contribution < -0.4 is 4.90 Å². The number of nitrogens with one attached hydrogen (secondary N) is 1. The first-order chi connectivity index (χ1) is 10.9. The third-order valence-corrected chi connectivity index (χ3v) is 5.97. The SMILES string of the molecule is CS(=N)(=O)CC1CC2(C1)CN(c1ncnc3c(O)nccc13)C2. The minimum absolute atomic E-state index is 0.0711. The molecule has 1 aliphatic heterocycles. The summed E-state index contributed by atoms with van der Waals surface area (Å²) in [6, 6.07) is 1.82. The molecular weight excluding hydrogens is 314 g/mol. The van der Waals surface area contributed by atoms with Crippen molar-refractivity contribution in [2.24, 2.45) is 11.3 Å². The van der Waals surface area contributed by atoms with Crippen molar-refractivity contribution in [2.45, 2.75) is 12.8 Å². The molecule has 2 N–H and O–H groups in total. The van der Waals surface area contributed by atoms with Crippen molar-refractivity contribution in [1.29, 1.82) is 4.78 Å². The van der Waals surface area contributed by atoms with E-state index in [1.54, 1.807) is 6.20 Å². The Kier molecular flexibility index (Phi) is 3.03. The molecule has 0 aromatic carbocycles. The molecule has 4 rings (SSSR count). The van der Waals surface area contributed by atoms with Crippen LogP contribution >= 0.6 is 0 Å². The van der Waals surface area contributed by atoms with Crippen LogP contribution in [0, 0.1) is 16.1 Å². The number of anilines is 1. The average molecular weight is 333 g/mol. The summed E-state index contributed by atoms with van der Waals surface area (Å²) in [4.78, 5) is 14.5. The van der Waals surface area contributed by atoms with Gasteiger partial charge in [-0.2, -0.15) is 0 Å². The van der Waals surface area contributed by atoms with Crippen LogP contribution in [0.3, 0.4) is 0 Å². The van der Waals surface area contributed by atoms with Crippen molar-refractivity contribution >= 4 is 26.4 Å². The number of hydrogen-bond acceptors (Lipinski definition) is 7. The molecule has 1 aliphatic carbocycles. The topological polar surface area (TPSA) is 103 Å². The van der Waals surface area contributed by atoms with Crippen LogP contribution in [0.4, 0.5) is 5.82 Å². The summed E-state index contributed by atoms with van der Waals surface area (Å²) in [5, 5.41) is 10.6. The van der Waals surface area contributed by atoms with Crippen LogP contribution in [0.15, 0.2) is 18.6 Å². The number of fused-ring (bicyclic) bond motifs is 1. The first-order valence-corrected chi connectivity index (χ1v) is 9.74. The number of nitrogens with zero attached hydrogens (tertiary/aromatic N) is 4. The van der Waals surface area contributed by atoms with Gasteiger partial charge in [0, 0.05) is 51.8 Å². The summed E-state index contributed by atoms with van der Waals surface area (Å²) in [5.41, 5.74) is 0.770. The van der Waals surface area contributed by atoms with Gasteiger partial charge in [-0.1, -0.05) is 0 Å². The fraction of sp³-hybridized carbons (Fsp3) is 0.533. The minimum Gasteiger partial charge on any atom is -0.492 e. The summed E-state index contributed by atoms with van der Waals surface area (Å²) in [7, 11) is -2.39. The first kappa shape index (κ1) is 14.6. The van der Waals surface area contributed by atoms with Gasteiger partial charge in [0.25, 0.3) is 0 Å². The third kappa shape index (κ3) is 2.50. The average Bonchev–Trinajstić information content (AvgIpc) is 2.39. The zero-order chi connectivity index (χ0) is 16.2. The predicted octanol–water partition coefficient (Wildman–Crippen LogP) is 1.62. The number of hydrogen-bond donors (Lipinski definition) is 2. The lowest BCUT2D eigenvalue weighted by molar-refractivity contribution is 0.0353. The third-order valence-electron chi connectivity index (χ3n) is 4.86. The smallest absolute Gasteiger partial charge is 0.238 e. The summed E-state index contributed by atoms with van der Waals surface area (Å²) in [6.07, 6.45) is 6.64. The van der Waals surface area contributed by atoms with Crippen LogP contribution in [0.2, 0.25) is 0 Å². The zero-order valence-corrected chi connectivity index (χ0v) is 13.7. The summed E-state index contributed by atoms with van der Waals surface area (Å²) < 4.78 is 19.1. The number of aromatic nitrogens is 3. The van der Waals surface area contributed by atoms with Crippen molar-refractivity contribution in [2.75, 3.05) is 30.0 Å². The molecule has 0 radical (unpaired) electrons. The van der Waals surface area contributed by atoms with Crippen LogP contribution in [-0.4, -0.2) is 49.4 Å². The highest BCUT2D eigenvalue weighted by Crippen LogP contribution is 2.53. The second kappa shape index (κ2) is 4.77. The highest BCUT2D eigenvalue weighted by Gasteiger charge is 2.53. The Bertz CT molecular complexity index is 869. The molecule has 122 valence electrons. The summed E-state index contributed by atoms with van der Waals surface area (Å²) in [6.45, 7) is 1.84. The Morgan fingerprint density at radius 2 is 2.13 bits per heavy atom. The van der Waals surface area contributed by atoms with Gasteiger partial charge in [-0.05, 0) is 24.8 Å². The monoisotopic (exact) mass is 333 g/mol. The number of aromatic hydroxyl groups is 1. The maximum Gasteiger partial charge on any atom is 0.238 e. The zero-order valence-electron chi connectivity index (χ0n) is 12.9. The molecular formula is C15H19N5O2S. The van der Waals surface area contributed by atoms with Gasteiger partial charge in [0.15, 0.2) is 0 Å². The van der Waals surface area contributed by atoms with Gasteiger partial charge in [-0.25, -0.2) is 15.0 Å². The maximum atomic E-state index is 11.6. The van der Waals surface area contributed by atoms with E-state index in [1.165, 1.54) is 12.6 Å². The summed E-state index contributed by atoms with van der Waals surface area (Å²) in [5.74, 6) is 1.70. The Morgan fingerprint density at radius 1 is 1.39 bits per heavy atom. The van der Waals surface area contributed by atoms with Gasteiger partial charge >= 0.3 is 0 Å². The van der Waals surface area contributed by atoms with E-state index in [4.69, 9.17) is 4.78 Å². The largest absolute Gasteiger partial charge is 0.492 e. The molecule has 8 heteroatoms. The molecule has 7 nitrogen and oxygen atoms in total. The molecule has 0 bridgehead atoms. The van der Waals surface area contributed by atoms with Crippen LogP contribution in [-0.2, 0) is 9.73 Å².